The van der Waals surface area contributed by atoms with Gasteiger partial charge in [0, 0.05) is 50.6 Å². The van der Waals surface area contributed by atoms with Gasteiger partial charge in [0.25, 0.3) is 5.91 Å². The number of fused-ring (bicyclic) bond motifs is 1. The lowest BCUT2D eigenvalue weighted by Gasteiger charge is -2.35. The van der Waals surface area contributed by atoms with Gasteiger partial charge in [-0.25, -0.2) is 8.78 Å². The Hall–Kier alpha value is -3.75. The van der Waals surface area contributed by atoms with Gasteiger partial charge in [0.05, 0.1) is 11.6 Å². The van der Waals surface area contributed by atoms with Crippen molar-refractivity contribution in [3.8, 4) is 0 Å². The second kappa shape index (κ2) is 8.31. The molecule has 2 aromatic carbocycles. The maximum Gasteiger partial charge on any atom is 0.289 e. The van der Waals surface area contributed by atoms with Crippen LogP contribution in [0.15, 0.2) is 52.9 Å². The fourth-order valence-corrected chi connectivity index (χ4v) is 4.44. The van der Waals surface area contributed by atoms with E-state index < -0.39 is 17.6 Å². The third-order valence-electron chi connectivity index (χ3n) is 6.19. The molecule has 0 saturated carbocycles. The normalized spacial score (nSPS) is 18.9. The summed E-state index contributed by atoms with van der Waals surface area (Å²) in [6.07, 6.45) is -0.0339. The molecule has 2 aliphatic rings. The molecule has 1 unspecified atom stereocenters. The van der Waals surface area contributed by atoms with Gasteiger partial charge < -0.3 is 19.1 Å². The third-order valence-corrected chi connectivity index (χ3v) is 6.19. The predicted octanol–water partition coefficient (Wildman–Crippen LogP) is 3.05. The molecule has 9 heteroatoms. The van der Waals surface area contributed by atoms with Gasteiger partial charge in [-0.15, -0.1) is 0 Å². The zero-order valence-corrected chi connectivity index (χ0v) is 17.7. The summed E-state index contributed by atoms with van der Waals surface area (Å²) < 4.78 is 33.0. The Morgan fingerprint density at radius 3 is 2.39 bits per heavy atom. The molecule has 3 amide bonds. The molecule has 2 aliphatic heterocycles. The Labute approximate surface area is 188 Å². The first-order chi connectivity index (χ1) is 15.9. The minimum atomic E-state index is -0.839. The first-order valence-electron chi connectivity index (χ1n) is 10.7. The quantitative estimate of drug-likeness (QED) is 0.611. The summed E-state index contributed by atoms with van der Waals surface area (Å²) in [5, 5.41) is 0.850. The number of benzene rings is 2. The van der Waals surface area contributed by atoms with E-state index in [2.05, 4.69) is 0 Å². The van der Waals surface area contributed by atoms with Crippen molar-refractivity contribution in [3.63, 3.8) is 0 Å². The largest absolute Gasteiger partial charge is 0.451 e. The van der Waals surface area contributed by atoms with Gasteiger partial charge in [0.15, 0.2) is 5.76 Å². The van der Waals surface area contributed by atoms with Crippen LogP contribution in [-0.4, -0.2) is 60.2 Å². The van der Waals surface area contributed by atoms with Crippen LogP contribution in [0, 0.1) is 17.6 Å². The first-order valence-corrected chi connectivity index (χ1v) is 10.7. The maximum absolute atomic E-state index is 14.1. The zero-order valence-electron chi connectivity index (χ0n) is 17.7. The summed E-state index contributed by atoms with van der Waals surface area (Å²) in [6.45, 7) is 1.40. The van der Waals surface area contributed by atoms with Crippen LogP contribution in [-0.2, 0) is 9.59 Å². The highest BCUT2D eigenvalue weighted by Gasteiger charge is 2.39. The van der Waals surface area contributed by atoms with Crippen LogP contribution in [0.4, 0.5) is 14.5 Å². The third kappa shape index (κ3) is 3.94. The number of hydrogen-bond acceptors (Lipinski definition) is 4. The molecule has 0 N–H and O–H groups in total. The molecule has 1 atom stereocenters. The topological polar surface area (TPSA) is 74.1 Å². The summed E-state index contributed by atoms with van der Waals surface area (Å²) in [5.41, 5.74) is 0.612. The lowest BCUT2D eigenvalue weighted by atomic mass is 10.1. The van der Waals surface area contributed by atoms with Crippen molar-refractivity contribution in [2.75, 3.05) is 37.6 Å². The minimum absolute atomic E-state index is 0.0297. The number of nitrogens with zero attached hydrogens (tertiary/aromatic N) is 3. The fraction of sp³-hybridized carbons (Fsp3) is 0.292. The average molecular weight is 453 g/mol. The Balaban J connectivity index is 1.21. The van der Waals surface area contributed by atoms with Gasteiger partial charge in [-0.2, -0.15) is 0 Å². The number of carbonyl (C=O) groups excluding carboxylic acids is 3. The zero-order chi connectivity index (χ0) is 23.1. The number of hydrogen-bond donors (Lipinski definition) is 0. The molecule has 170 valence electrons. The molecule has 3 aromatic rings. The number of amides is 3. The van der Waals surface area contributed by atoms with Crippen LogP contribution in [0.1, 0.15) is 17.0 Å². The second-order valence-electron chi connectivity index (χ2n) is 8.27. The molecule has 1 aromatic heterocycles. The molecule has 0 radical (unpaired) electrons. The van der Waals surface area contributed by atoms with Gasteiger partial charge in [-0.05, 0) is 24.3 Å². The van der Waals surface area contributed by atoms with Crippen molar-refractivity contribution in [1.82, 2.24) is 9.80 Å². The Kier molecular flexibility index (Phi) is 5.32. The van der Waals surface area contributed by atoms with E-state index in [1.165, 1.54) is 11.0 Å². The molecule has 2 fully saturated rings. The Bertz CT molecular complexity index is 1220. The van der Waals surface area contributed by atoms with Gasteiger partial charge in [0.2, 0.25) is 11.8 Å². The standard InChI is InChI=1S/C24H21F2N3O4/c25-17-5-6-19(18(26)13-17)29-14-16(12-22(29)30)23(31)27-7-9-28(10-8-27)24(32)21-11-15-3-1-2-4-20(15)33-21/h1-6,11,13,16H,7-10,12,14H2. The highest BCUT2D eigenvalue weighted by Crippen LogP contribution is 2.29. The summed E-state index contributed by atoms with van der Waals surface area (Å²) >= 11 is 0. The van der Waals surface area contributed by atoms with E-state index in [0.29, 0.717) is 31.8 Å². The lowest BCUT2D eigenvalue weighted by Crippen LogP contribution is -2.52. The van der Waals surface area contributed by atoms with Crippen LogP contribution in [0.3, 0.4) is 0 Å². The van der Waals surface area contributed by atoms with Gasteiger partial charge in [0.1, 0.15) is 17.2 Å². The molecular formula is C24H21F2N3O4. The number of furan rings is 1. The molecule has 5 rings (SSSR count). The number of piperazine rings is 1. The molecular weight excluding hydrogens is 432 g/mol. The number of carbonyl (C=O) groups is 3. The Morgan fingerprint density at radius 1 is 0.939 bits per heavy atom. The van der Waals surface area contributed by atoms with Crippen LogP contribution in [0.5, 0.6) is 0 Å². The van der Waals surface area contributed by atoms with Gasteiger partial charge >= 0.3 is 0 Å². The van der Waals surface area contributed by atoms with Gasteiger partial charge in [-0.3, -0.25) is 14.4 Å². The molecule has 3 heterocycles. The maximum atomic E-state index is 14.1. The minimum Gasteiger partial charge on any atom is -0.451 e. The summed E-state index contributed by atoms with van der Waals surface area (Å²) in [5.74, 6) is -2.73. The van der Waals surface area contributed by atoms with Crippen LogP contribution in [0.2, 0.25) is 0 Å². The van der Waals surface area contributed by atoms with E-state index in [-0.39, 0.29) is 42.1 Å². The van der Waals surface area contributed by atoms with Crippen molar-refractivity contribution >= 4 is 34.4 Å². The van der Waals surface area contributed by atoms with Crippen molar-refractivity contribution in [1.29, 1.82) is 0 Å². The highest BCUT2D eigenvalue weighted by molar-refractivity contribution is 6.00. The molecule has 0 spiro atoms. The monoisotopic (exact) mass is 453 g/mol. The highest BCUT2D eigenvalue weighted by atomic mass is 19.1. The molecule has 0 bridgehead atoms. The fourth-order valence-electron chi connectivity index (χ4n) is 4.44. The Morgan fingerprint density at radius 2 is 1.67 bits per heavy atom. The van der Waals surface area contributed by atoms with Crippen LogP contribution >= 0.6 is 0 Å². The number of rotatable bonds is 3. The van der Waals surface area contributed by atoms with Crippen molar-refractivity contribution in [2.24, 2.45) is 5.92 Å². The van der Waals surface area contributed by atoms with Crippen molar-refractivity contribution < 1.29 is 27.6 Å². The van der Waals surface area contributed by atoms with Crippen LogP contribution in [0.25, 0.3) is 11.0 Å². The van der Waals surface area contributed by atoms with Crippen molar-refractivity contribution in [2.45, 2.75) is 6.42 Å². The summed E-state index contributed by atoms with van der Waals surface area (Å²) in [4.78, 5) is 42.7. The summed E-state index contributed by atoms with van der Waals surface area (Å²) in [7, 11) is 0. The smallest absolute Gasteiger partial charge is 0.289 e. The van der Waals surface area contributed by atoms with E-state index in [0.717, 1.165) is 17.5 Å². The van der Waals surface area contributed by atoms with Gasteiger partial charge in [-0.1, -0.05) is 18.2 Å². The molecule has 33 heavy (non-hydrogen) atoms. The molecule has 2 saturated heterocycles. The van der Waals surface area contributed by atoms with E-state index in [1.54, 1.807) is 21.9 Å². The predicted molar refractivity (Wildman–Crippen MR) is 116 cm³/mol. The van der Waals surface area contributed by atoms with E-state index >= 15 is 0 Å². The molecule has 0 aliphatic carbocycles. The molecule has 7 nitrogen and oxygen atoms in total. The number of halogens is 2. The summed E-state index contributed by atoms with van der Waals surface area (Å²) in [6, 6.07) is 12.1. The number of anilines is 1. The van der Waals surface area contributed by atoms with E-state index in [1.807, 2.05) is 18.2 Å². The van der Waals surface area contributed by atoms with E-state index in [4.69, 9.17) is 4.42 Å². The van der Waals surface area contributed by atoms with E-state index in [9.17, 15) is 23.2 Å². The SMILES string of the molecule is O=C(c1cc2ccccc2o1)N1CCN(C(=O)C2CC(=O)N(c3ccc(F)cc3F)C2)CC1. The average Bonchev–Trinajstić information content (AvgIpc) is 3.42. The van der Waals surface area contributed by atoms with Crippen molar-refractivity contribution in [3.05, 3.63) is 65.9 Å². The second-order valence-corrected chi connectivity index (χ2v) is 8.27. The first kappa shape index (κ1) is 21.1. The number of para-hydroxylation sites is 1. The van der Waals surface area contributed by atoms with Crippen LogP contribution < -0.4 is 4.90 Å². The lowest BCUT2D eigenvalue weighted by molar-refractivity contribution is -0.137.